The number of amides is 2. The van der Waals surface area contributed by atoms with E-state index in [1.807, 2.05) is 0 Å². The Morgan fingerprint density at radius 2 is 1.57 bits per heavy atom. The second-order valence-corrected chi connectivity index (χ2v) is 6.88. The Labute approximate surface area is 175 Å². The smallest absolute Gasteiger partial charge is 0.336 e. The molecule has 1 aromatic carbocycles. The third-order valence-corrected chi connectivity index (χ3v) is 4.71. The van der Waals surface area contributed by atoms with Crippen LogP contribution in [-0.2, 0) is 28.6 Å². The number of esters is 1. The van der Waals surface area contributed by atoms with Crippen molar-refractivity contribution in [3.63, 3.8) is 0 Å². The summed E-state index contributed by atoms with van der Waals surface area (Å²) in [5.74, 6) is -3.80. The summed E-state index contributed by atoms with van der Waals surface area (Å²) in [5, 5.41) is 0.482. The molecule has 164 valence electrons. The Kier molecular flexibility index (Phi) is 8.94. The summed E-state index contributed by atoms with van der Waals surface area (Å²) in [5.41, 5.74) is 0.376. The first-order chi connectivity index (χ1) is 14.4. The van der Waals surface area contributed by atoms with E-state index in [4.69, 9.17) is 19.0 Å². The average Bonchev–Trinajstić information content (AvgIpc) is 2.99. The Morgan fingerprint density at radius 3 is 2.13 bits per heavy atom. The molecule has 30 heavy (non-hydrogen) atoms. The minimum Gasteiger partial charge on any atom is -0.463 e. The summed E-state index contributed by atoms with van der Waals surface area (Å²) in [6, 6.07) is 6.25. The topological polar surface area (TPSA) is 108 Å². The van der Waals surface area contributed by atoms with Crippen molar-refractivity contribution in [2.24, 2.45) is 11.8 Å². The standard InChI is InChI=1S/C21H27NO8/c1-4-15(13-14(2)20(25)29-12-11-28-10-9-27-3)21(26)30-22-18(23)16-7-5-6-8-17(16)19(22)24/h5-8,14-15H,4,9-13H2,1-3H3. The molecule has 2 amide bonds. The van der Waals surface area contributed by atoms with Gasteiger partial charge in [0.25, 0.3) is 11.8 Å². The van der Waals surface area contributed by atoms with E-state index in [0.717, 1.165) is 0 Å². The van der Waals surface area contributed by atoms with Crippen LogP contribution in [0.4, 0.5) is 0 Å². The predicted octanol–water partition coefficient (Wildman–Crippen LogP) is 2.00. The number of rotatable bonds is 12. The van der Waals surface area contributed by atoms with Crippen molar-refractivity contribution in [1.29, 1.82) is 0 Å². The number of nitrogens with zero attached hydrogens (tertiary/aromatic N) is 1. The monoisotopic (exact) mass is 421 g/mol. The van der Waals surface area contributed by atoms with Gasteiger partial charge in [-0.15, -0.1) is 0 Å². The molecule has 1 aromatic rings. The van der Waals surface area contributed by atoms with Crippen molar-refractivity contribution in [3.05, 3.63) is 35.4 Å². The molecule has 0 aliphatic carbocycles. The van der Waals surface area contributed by atoms with Gasteiger partial charge < -0.3 is 19.0 Å². The zero-order valence-electron chi connectivity index (χ0n) is 17.4. The molecule has 1 aliphatic rings. The summed E-state index contributed by atoms with van der Waals surface area (Å²) in [6.45, 7) is 4.62. The molecule has 0 N–H and O–H groups in total. The van der Waals surface area contributed by atoms with Gasteiger partial charge in [0.05, 0.1) is 42.8 Å². The van der Waals surface area contributed by atoms with Crippen LogP contribution in [0, 0.1) is 11.8 Å². The molecule has 0 bridgehead atoms. The molecule has 2 unspecified atom stereocenters. The first-order valence-electron chi connectivity index (χ1n) is 9.83. The zero-order valence-corrected chi connectivity index (χ0v) is 17.4. The largest absolute Gasteiger partial charge is 0.463 e. The summed E-state index contributed by atoms with van der Waals surface area (Å²) in [6.07, 6.45) is 0.543. The van der Waals surface area contributed by atoms with Crippen LogP contribution in [0.15, 0.2) is 24.3 Å². The van der Waals surface area contributed by atoms with Crippen LogP contribution in [0.5, 0.6) is 0 Å². The lowest BCUT2D eigenvalue weighted by Crippen LogP contribution is -2.36. The lowest BCUT2D eigenvalue weighted by atomic mass is 9.94. The number of hydroxylamine groups is 2. The number of carbonyl (C=O) groups excluding carboxylic acids is 4. The molecule has 9 nitrogen and oxygen atoms in total. The molecule has 0 radical (unpaired) electrons. The Bertz CT molecular complexity index is 743. The third-order valence-electron chi connectivity index (χ3n) is 4.71. The Balaban J connectivity index is 1.84. The minimum atomic E-state index is -0.741. The molecule has 1 heterocycles. The highest BCUT2D eigenvalue weighted by Gasteiger charge is 2.39. The number of ether oxygens (including phenoxy) is 3. The highest BCUT2D eigenvalue weighted by atomic mass is 16.7. The second kappa shape index (κ2) is 11.4. The van der Waals surface area contributed by atoms with Gasteiger partial charge in [0, 0.05) is 7.11 Å². The molecule has 0 spiro atoms. The van der Waals surface area contributed by atoms with Gasteiger partial charge in [-0.05, 0) is 25.0 Å². The van der Waals surface area contributed by atoms with Gasteiger partial charge in [-0.1, -0.05) is 31.0 Å². The molecule has 2 atom stereocenters. The Hall–Kier alpha value is -2.78. The first-order valence-corrected chi connectivity index (χ1v) is 9.83. The molecule has 0 saturated carbocycles. The first kappa shape index (κ1) is 23.5. The molecule has 0 saturated heterocycles. The lowest BCUT2D eigenvalue weighted by molar-refractivity contribution is -0.175. The van der Waals surface area contributed by atoms with Gasteiger partial charge in [-0.3, -0.25) is 14.4 Å². The fourth-order valence-corrected chi connectivity index (χ4v) is 2.95. The number of carbonyl (C=O) groups is 4. The van der Waals surface area contributed by atoms with Crippen molar-refractivity contribution in [2.45, 2.75) is 26.7 Å². The minimum absolute atomic E-state index is 0.100. The van der Waals surface area contributed by atoms with E-state index in [2.05, 4.69) is 0 Å². The van der Waals surface area contributed by atoms with Crippen molar-refractivity contribution < 1.29 is 38.2 Å². The van der Waals surface area contributed by atoms with Crippen LogP contribution in [0.2, 0.25) is 0 Å². The van der Waals surface area contributed by atoms with E-state index in [-0.39, 0.29) is 30.8 Å². The van der Waals surface area contributed by atoms with Crippen LogP contribution in [0.3, 0.4) is 0 Å². The normalized spacial score (nSPS) is 15.0. The highest BCUT2D eigenvalue weighted by molar-refractivity contribution is 6.20. The fourth-order valence-electron chi connectivity index (χ4n) is 2.95. The maximum absolute atomic E-state index is 12.5. The maximum Gasteiger partial charge on any atom is 0.336 e. The number of methoxy groups -OCH3 is 1. The van der Waals surface area contributed by atoms with E-state index >= 15 is 0 Å². The summed E-state index contributed by atoms with van der Waals surface area (Å²) in [4.78, 5) is 54.4. The van der Waals surface area contributed by atoms with E-state index in [9.17, 15) is 19.2 Å². The molecular weight excluding hydrogens is 394 g/mol. The Morgan fingerprint density at radius 1 is 0.967 bits per heavy atom. The number of benzene rings is 1. The van der Waals surface area contributed by atoms with Crippen LogP contribution in [-0.4, -0.2) is 62.4 Å². The van der Waals surface area contributed by atoms with Gasteiger partial charge in [0.1, 0.15) is 6.61 Å². The molecule has 0 fully saturated rings. The van der Waals surface area contributed by atoms with Crippen LogP contribution in [0.25, 0.3) is 0 Å². The van der Waals surface area contributed by atoms with Gasteiger partial charge in [0.15, 0.2) is 0 Å². The van der Waals surface area contributed by atoms with Crippen LogP contribution < -0.4 is 0 Å². The molecule has 0 aromatic heterocycles. The molecule has 9 heteroatoms. The predicted molar refractivity (Wildman–Crippen MR) is 104 cm³/mol. The van der Waals surface area contributed by atoms with Crippen LogP contribution in [0.1, 0.15) is 47.4 Å². The van der Waals surface area contributed by atoms with E-state index < -0.39 is 35.6 Å². The lowest BCUT2D eigenvalue weighted by Gasteiger charge is -2.20. The molecular formula is C21H27NO8. The van der Waals surface area contributed by atoms with Gasteiger partial charge >= 0.3 is 11.9 Å². The van der Waals surface area contributed by atoms with Crippen LogP contribution >= 0.6 is 0 Å². The van der Waals surface area contributed by atoms with E-state index in [1.165, 1.54) is 12.1 Å². The number of fused-ring (bicyclic) bond motifs is 1. The van der Waals surface area contributed by atoms with Crippen molar-refractivity contribution in [1.82, 2.24) is 5.06 Å². The van der Waals surface area contributed by atoms with Crippen molar-refractivity contribution in [3.8, 4) is 0 Å². The molecule has 1 aliphatic heterocycles. The SMILES string of the molecule is CCC(CC(C)C(=O)OCCOCCOC)C(=O)ON1C(=O)c2ccccc2C1=O. The van der Waals surface area contributed by atoms with Gasteiger partial charge in [-0.2, -0.15) is 0 Å². The molecule has 2 rings (SSSR count). The summed E-state index contributed by atoms with van der Waals surface area (Å²) < 4.78 is 15.2. The maximum atomic E-state index is 12.5. The fraction of sp³-hybridized carbons (Fsp3) is 0.524. The quantitative estimate of drug-likeness (QED) is 0.286. The average molecular weight is 421 g/mol. The third kappa shape index (κ3) is 5.87. The van der Waals surface area contributed by atoms with E-state index in [1.54, 1.807) is 33.1 Å². The number of imide groups is 1. The zero-order chi connectivity index (χ0) is 22.1. The highest BCUT2D eigenvalue weighted by Crippen LogP contribution is 2.25. The van der Waals surface area contributed by atoms with Gasteiger partial charge in [-0.25, -0.2) is 4.79 Å². The number of hydrogen-bond acceptors (Lipinski definition) is 8. The van der Waals surface area contributed by atoms with Crippen molar-refractivity contribution >= 4 is 23.8 Å². The van der Waals surface area contributed by atoms with E-state index in [0.29, 0.717) is 24.7 Å². The second-order valence-electron chi connectivity index (χ2n) is 6.88. The number of hydrogen-bond donors (Lipinski definition) is 0. The van der Waals surface area contributed by atoms with Crippen molar-refractivity contribution in [2.75, 3.05) is 33.5 Å². The summed E-state index contributed by atoms with van der Waals surface area (Å²) in [7, 11) is 1.56. The summed E-state index contributed by atoms with van der Waals surface area (Å²) >= 11 is 0. The van der Waals surface area contributed by atoms with Gasteiger partial charge in [0.2, 0.25) is 0 Å².